The zero-order valence-electron chi connectivity index (χ0n) is 12.8. The molecule has 2 aromatic rings. The van der Waals surface area contributed by atoms with E-state index in [9.17, 15) is 4.79 Å². The van der Waals surface area contributed by atoms with Gasteiger partial charge in [-0.05, 0) is 12.8 Å². The molecule has 2 aromatic heterocycles. The lowest BCUT2D eigenvalue weighted by molar-refractivity contribution is -0.0154. The number of rotatable bonds is 2. The third-order valence-corrected chi connectivity index (χ3v) is 5.06. The maximum Gasteiger partial charge on any atom is 0.259 e. The van der Waals surface area contributed by atoms with E-state index in [0.29, 0.717) is 11.0 Å². The molecule has 0 aromatic carbocycles. The van der Waals surface area contributed by atoms with Crippen molar-refractivity contribution in [2.75, 3.05) is 13.1 Å². The molecule has 1 saturated heterocycles. The zero-order chi connectivity index (χ0) is 15.2. The van der Waals surface area contributed by atoms with Crippen molar-refractivity contribution in [1.29, 1.82) is 0 Å². The van der Waals surface area contributed by atoms with E-state index < -0.39 is 0 Å². The highest BCUT2D eigenvalue weighted by Crippen LogP contribution is 2.44. The Morgan fingerprint density at radius 2 is 1.82 bits per heavy atom. The molecule has 0 atom stereocenters. The van der Waals surface area contributed by atoms with Gasteiger partial charge in [-0.2, -0.15) is 5.10 Å². The van der Waals surface area contributed by atoms with Crippen LogP contribution in [0.25, 0.3) is 5.82 Å². The molecule has 116 valence electrons. The van der Waals surface area contributed by atoms with Crippen LogP contribution in [0.1, 0.15) is 42.5 Å². The van der Waals surface area contributed by atoms with Crippen LogP contribution in [0.4, 0.5) is 0 Å². The molecule has 7 heteroatoms. The number of hydrogen-bond donors (Lipinski definition) is 0. The van der Waals surface area contributed by atoms with Crippen LogP contribution in [0.15, 0.2) is 18.9 Å². The van der Waals surface area contributed by atoms with Crippen molar-refractivity contribution in [3.8, 4) is 5.82 Å². The highest BCUT2D eigenvalue weighted by molar-refractivity contribution is 5.97. The molecule has 0 bridgehead atoms. The molecular formula is C15H20N6O. The van der Waals surface area contributed by atoms with Crippen LogP contribution in [0, 0.1) is 5.41 Å². The minimum Gasteiger partial charge on any atom is -0.337 e. The lowest BCUT2D eigenvalue weighted by Crippen LogP contribution is -2.59. The third kappa shape index (κ3) is 2.03. The number of nitrogens with zero attached hydrogens (tertiary/aromatic N) is 6. The van der Waals surface area contributed by atoms with Gasteiger partial charge in [0, 0.05) is 25.6 Å². The number of likely N-dealkylation sites (tertiary alicyclic amines) is 1. The van der Waals surface area contributed by atoms with Gasteiger partial charge in [0.2, 0.25) is 0 Å². The first-order chi connectivity index (χ1) is 10.7. The van der Waals surface area contributed by atoms with Crippen molar-refractivity contribution >= 4 is 5.91 Å². The van der Waals surface area contributed by atoms with Crippen molar-refractivity contribution in [2.24, 2.45) is 12.5 Å². The summed E-state index contributed by atoms with van der Waals surface area (Å²) in [5.41, 5.74) is 1.01. The first-order valence-corrected chi connectivity index (χ1v) is 7.85. The van der Waals surface area contributed by atoms with Crippen molar-refractivity contribution in [3.05, 3.63) is 24.4 Å². The van der Waals surface area contributed by atoms with Gasteiger partial charge in [0.15, 0.2) is 0 Å². The Balaban J connectivity index is 1.55. The normalized spacial score (nSPS) is 20.1. The van der Waals surface area contributed by atoms with Gasteiger partial charge in [-0.1, -0.05) is 19.3 Å². The first kappa shape index (κ1) is 13.5. The fourth-order valence-electron chi connectivity index (χ4n) is 3.89. The van der Waals surface area contributed by atoms with Gasteiger partial charge < -0.3 is 4.90 Å². The van der Waals surface area contributed by atoms with Gasteiger partial charge in [0.1, 0.15) is 24.0 Å². The molecule has 1 aliphatic heterocycles. The summed E-state index contributed by atoms with van der Waals surface area (Å²) >= 11 is 0. The first-order valence-electron chi connectivity index (χ1n) is 7.85. The minimum absolute atomic E-state index is 0.0630. The Bertz CT molecular complexity index is 675. The van der Waals surface area contributed by atoms with Gasteiger partial charge in [0.25, 0.3) is 5.91 Å². The van der Waals surface area contributed by atoms with E-state index in [-0.39, 0.29) is 5.91 Å². The number of carbonyl (C=O) groups excluding carboxylic acids is 1. The van der Waals surface area contributed by atoms with Crippen LogP contribution in [0.2, 0.25) is 0 Å². The van der Waals surface area contributed by atoms with Gasteiger partial charge in [-0.15, -0.1) is 10.2 Å². The van der Waals surface area contributed by atoms with E-state index in [4.69, 9.17) is 0 Å². The fourth-order valence-corrected chi connectivity index (χ4v) is 3.89. The monoisotopic (exact) mass is 300 g/mol. The highest BCUT2D eigenvalue weighted by Gasteiger charge is 2.46. The largest absolute Gasteiger partial charge is 0.337 e. The molecule has 22 heavy (non-hydrogen) atoms. The van der Waals surface area contributed by atoms with E-state index in [0.717, 1.165) is 18.9 Å². The van der Waals surface area contributed by atoms with E-state index >= 15 is 0 Å². The molecule has 0 radical (unpaired) electrons. The molecule has 0 unspecified atom stereocenters. The number of amides is 1. The molecule has 2 aliphatic rings. The van der Waals surface area contributed by atoms with E-state index in [1.54, 1.807) is 28.1 Å². The lowest BCUT2D eigenvalue weighted by atomic mass is 9.68. The van der Waals surface area contributed by atoms with Gasteiger partial charge in [-0.3, -0.25) is 14.0 Å². The standard InChI is InChI=1S/C15H20N6O/c1-19-13(21-10-16-17-11-21)12(7-18-19)14(22)20-8-15(9-20)5-3-2-4-6-15/h7,10-11H,2-6,8-9H2,1H3. The van der Waals surface area contributed by atoms with Crippen molar-refractivity contribution in [1.82, 2.24) is 29.4 Å². The highest BCUT2D eigenvalue weighted by atomic mass is 16.2. The van der Waals surface area contributed by atoms with Gasteiger partial charge in [-0.25, -0.2) is 0 Å². The topological polar surface area (TPSA) is 68.8 Å². The van der Waals surface area contributed by atoms with E-state index in [1.165, 1.54) is 32.1 Å². The second-order valence-electron chi connectivity index (χ2n) is 6.60. The van der Waals surface area contributed by atoms with Crippen molar-refractivity contribution in [3.63, 3.8) is 0 Å². The molecule has 1 spiro atoms. The predicted octanol–water partition coefficient (Wildman–Crippen LogP) is 1.41. The van der Waals surface area contributed by atoms with Crippen LogP contribution in [0.5, 0.6) is 0 Å². The van der Waals surface area contributed by atoms with Crippen LogP contribution < -0.4 is 0 Å². The summed E-state index contributed by atoms with van der Waals surface area (Å²) in [7, 11) is 1.82. The van der Waals surface area contributed by atoms with E-state index in [2.05, 4.69) is 15.3 Å². The Kier molecular flexibility index (Phi) is 3.02. The fraction of sp³-hybridized carbons (Fsp3) is 0.600. The minimum atomic E-state index is 0.0630. The number of hydrogen-bond acceptors (Lipinski definition) is 4. The van der Waals surface area contributed by atoms with Crippen molar-refractivity contribution in [2.45, 2.75) is 32.1 Å². The van der Waals surface area contributed by atoms with E-state index in [1.807, 2.05) is 11.9 Å². The van der Waals surface area contributed by atoms with Crippen molar-refractivity contribution < 1.29 is 4.79 Å². The van der Waals surface area contributed by atoms with Crippen LogP contribution in [-0.2, 0) is 7.05 Å². The number of carbonyl (C=O) groups is 1. The molecule has 0 N–H and O–H groups in total. The van der Waals surface area contributed by atoms with Crippen LogP contribution in [-0.4, -0.2) is 48.4 Å². The quantitative estimate of drug-likeness (QED) is 0.841. The zero-order valence-corrected chi connectivity index (χ0v) is 12.8. The molecule has 1 aliphatic carbocycles. The second kappa shape index (κ2) is 4.93. The molecular weight excluding hydrogens is 280 g/mol. The predicted molar refractivity (Wildman–Crippen MR) is 79.5 cm³/mol. The third-order valence-electron chi connectivity index (χ3n) is 5.06. The summed E-state index contributed by atoms with van der Waals surface area (Å²) in [4.78, 5) is 14.8. The average Bonchev–Trinajstić information content (AvgIpc) is 3.13. The maximum atomic E-state index is 12.8. The number of aryl methyl sites for hydroxylation is 1. The number of aromatic nitrogens is 5. The molecule has 3 heterocycles. The molecule has 4 rings (SSSR count). The SMILES string of the molecule is Cn1ncc(C(=O)N2CC3(CCCCC3)C2)c1-n1cnnc1. The maximum absolute atomic E-state index is 12.8. The second-order valence-corrected chi connectivity index (χ2v) is 6.60. The lowest BCUT2D eigenvalue weighted by Gasteiger charge is -2.52. The Labute approximate surface area is 128 Å². The van der Waals surface area contributed by atoms with Gasteiger partial charge in [0.05, 0.1) is 6.20 Å². The molecule has 1 amide bonds. The van der Waals surface area contributed by atoms with Crippen LogP contribution in [0.3, 0.4) is 0 Å². The summed E-state index contributed by atoms with van der Waals surface area (Å²) in [5, 5.41) is 11.9. The molecule has 1 saturated carbocycles. The average molecular weight is 300 g/mol. The Hall–Kier alpha value is -2.18. The summed E-state index contributed by atoms with van der Waals surface area (Å²) in [6.45, 7) is 1.78. The summed E-state index contributed by atoms with van der Waals surface area (Å²) in [6, 6.07) is 0. The summed E-state index contributed by atoms with van der Waals surface area (Å²) in [5.74, 6) is 0.785. The van der Waals surface area contributed by atoms with Crippen LogP contribution >= 0.6 is 0 Å². The Morgan fingerprint density at radius 1 is 1.14 bits per heavy atom. The molecule has 7 nitrogen and oxygen atoms in total. The molecule has 2 fully saturated rings. The smallest absolute Gasteiger partial charge is 0.259 e. The van der Waals surface area contributed by atoms with Gasteiger partial charge >= 0.3 is 0 Å². The summed E-state index contributed by atoms with van der Waals surface area (Å²) < 4.78 is 3.42. The Morgan fingerprint density at radius 3 is 2.50 bits per heavy atom. The summed E-state index contributed by atoms with van der Waals surface area (Å²) in [6.07, 6.45) is 11.3.